The van der Waals surface area contributed by atoms with Crippen LogP contribution in [-0.2, 0) is 9.59 Å². The minimum atomic E-state index is -1.02. The van der Waals surface area contributed by atoms with E-state index >= 15 is 0 Å². The van der Waals surface area contributed by atoms with E-state index in [9.17, 15) is 14.4 Å². The van der Waals surface area contributed by atoms with Crippen LogP contribution in [0.15, 0.2) is 65.8 Å². The van der Waals surface area contributed by atoms with Gasteiger partial charge in [0.05, 0.1) is 40.7 Å². The fraction of sp³-hybridized carbons (Fsp3) is 0.154. The van der Waals surface area contributed by atoms with E-state index in [1.807, 2.05) is 6.92 Å². The van der Waals surface area contributed by atoms with E-state index in [-0.39, 0.29) is 21.5 Å². The third kappa shape index (κ3) is 7.70. The second-order valence-electron chi connectivity index (χ2n) is 7.24. The van der Waals surface area contributed by atoms with Crippen molar-refractivity contribution in [3.05, 3.63) is 81.8 Å². The lowest BCUT2D eigenvalue weighted by Crippen LogP contribution is -2.32. The van der Waals surface area contributed by atoms with Crippen molar-refractivity contribution >= 4 is 52.9 Å². The highest BCUT2D eigenvalue weighted by Crippen LogP contribution is 2.30. The molecular formula is C26H23Cl2N3O6. The Bertz CT molecular complexity index is 1310. The lowest BCUT2D eigenvalue weighted by Gasteiger charge is -2.11. The van der Waals surface area contributed by atoms with E-state index in [1.165, 1.54) is 18.3 Å². The van der Waals surface area contributed by atoms with Gasteiger partial charge in [0.2, 0.25) is 0 Å². The number of carbonyl (C=O) groups excluding carboxylic acids is 3. The number of nitrogens with one attached hydrogen (secondary N) is 2. The number of halogens is 2. The lowest BCUT2D eigenvalue weighted by molar-refractivity contribution is -0.136. The number of esters is 1. The average Bonchev–Trinajstić information content (AvgIpc) is 2.89. The molecule has 0 saturated carbocycles. The Labute approximate surface area is 223 Å². The van der Waals surface area contributed by atoms with Crippen LogP contribution in [-0.4, -0.2) is 37.2 Å². The highest BCUT2D eigenvalue weighted by Gasteiger charge is 2.16. The second kappa shape index (κ2) is 13.3. The van der Waals surface area contributed by atoms with Gasteiger partial charge in [-0.1, -0.05) is 29.3 Å². The summed E-state index contributed by atoms with van der Waals surface area (Å²) in [7, 11) is 0. The third-order valence-electron chi connectivity index (χ3n) is 4.66. The van der Waals surface area contributed by atoms with Crippen LogP contribution < -0.4 is 25.0 Å². The van der Waals surface area contributed by atoms with Gasteiger partial charge in [0.25, 0.3) is 0 Å². The van der Waals surface area contributed by atoms with Crippen molar-refractivity contribution in [2.75, 3.05) is 18.5 Å². The van der Waals surface area contributed by atoms with Gasteiger partial charge in [0, 0.05) is 0 Å². The summed E-state index contributed by atoms with van der Waals surface area (Å²) in [6, 6.07) is 15.9. The molecule has 3 rings (SSSR count). The van der Waals surface area contributed by atoms with Crippen LogP contribution in [0.2, 0.25) is 10.0 Å². The molecule has 37 heavy (non-hydrogen) atoms. The maximum atomic E-state index is 12.6. The van der Waals surface area contributed by atoms with Gasteiger partial charge < -0.3 is 19.5 Å². The summed E-state index contributed by atoms with van der Waals surface area (Å²) in [4.78, 5) is 36.7. The largest absolute Gasteiger partial charge is 0.494 e. The molecule has 0 aromatic heterocycles. The zero-order valence-electron chi connectivity index (χ0n) is 19.9. The van der Waals surface area contributed by atoms with Gasteiger partial charge in [-0.2, -0.15) is 5.10 Å². The zero-order chi connectivity index (χ0) is 26.8. The number of carbonyl (C=O) groups is 3. The maximum absolute atomic E-state index is 12.6. The minimum Gasteiger partial charge on any atom is -0.494 e. The summed E-state index contributed by atoms with van der Waals surface area (Å²) in [6.45, 7) is 4.49. The van der Waals surface area contributed by atoms with E-state index in [0.29, 0.717) is 35.8 Å². The van der Waals surface area contributed by atoms with Crippen molar-refractivity contribution in [2.24, 2.45) is 5.10 Å². The Balaban J connectivity index is 1.63. The molecule has 0 aliphatic heterocycles. The summed E-state index contributed by atoms with van der Waals surface area (Å²) >= 11 is 11.9. The van der Waals surface area contributed by atoms with Gasteiger partial charge in [0.15, 0.2) is 11.5 Å². The second-order valence-corrected chi connectivity index (χ2v) is 8.03. The van der Waals surface area contributed by atoms with Crippen molar-refractivity contribution in [3.63, 3.8) is 0 Å². The molecule has 192 valence electrons. The Morgan fingerprint density at radius 2 is 1.62 bits per heavy atom. The molecule has 0 radical (unpaired) electrons. The third-order valence-corrected chi connectivity index (χ3v) is 5.48. The number of hydrazone groups is 1. The predicted octanol–water partition coefficient (Wildman–Crippen LogP) is 5.10. The van der Waals surface area contributed by atoms with Gasteiger partial charge in [0.1, 0.15) is 5.75 Å². The van der Waals surface area contributed by atoms with Crippen molar-refractivity contribution in [3.8, 4) is 17.2 Å². The number of nitrogens with zero attached hydrogens (tertiary/aromatic N) is 1. The van der Waals surface area contributed by atoms with E-state index in [2.05, 4.69) is 15.8 Å². The van der Waals surface area contributed by atoms with Crippen LogP contribution in [0.5, 0.6) is 17.2 Å². The number of amides is 2. The summed E-state index contributed by atoms with van der Waals surface area (Å²) in [5, 5.41) is 6.49. The zero-order valence-corrected chi connectivity index (χ0v) is 21.4. The van der Waals surface area contributed by atoms with Gasteiger partial charge in [-0.05, 0) is 74.0 Å². The molecule has 2 amide bonds. The standard InChI is InChI=1S/C26H23Cl2N3O6/c1-3-35-18-11-9-17(10-12-18)26(34)37-21-13-8-16(14-22(21)36-4-2)15-29-31-25(33)24(32)30-20-7-5-6-19(27)23(20)28/h5-15H,3-4H2,1-2H3,(H,30,32)(H,31,33). The first kappa shape index (κ1) is 27.5. The number of benzene rings is 3. The molecule has 0 aliphatic carbocycles. The van der Waals surface area contributed by atoms with Crippen molar-refractivity contribution in [2.45, 2.75) is 13.8 Å². The summed E-state index contributed by atoms with van der Waals surface area (Å²) in [6.07, 6.45) is 1.30. The predicted molar refractivity (Wildman–Crippen MR) is 141 cm³/mol. The van der Waals surface area contributed by atoms with Crippen LogP contribution >= 0.6 is 23.2 Å². The Kier molecular flexibility index (Phi) is 9.88. The molecule has 0 fully saturated rings. The normalized spacial score (nSPS) is 10.6. The monoisotopic (exact) mass is 543 g/mol. The molecule has 2 N–H and O–H groups in total. The van der Waals surface area contributed by atoms with E-state index in [1.54, 1.807) is 55.5 Å². The fourth-order valence-electron chi connectivity index (χ4n) is 2.97. The number of hydrogen-bond donors (Lipinski definition) is 2. The van der Waals surface area contributed by atoms with Gasteiger partial charge in [-0.15, -0.1) is 0 Å². The molecule has 0 aliphatic rings. The van der Waals surface area contributed by atoms with Gasteiger partial charge in [-0.25, -0.2) is 10.2 Å². The molecule has 3 aromatic carbocycles. The highest BCUT2D eigenvalue weighted by atomic mass is 35.5. The molecule has 0 saturated heterocycles. The smallest absolute Gasteiger partial charge is 0.343 e. The van der Waals surface area contributed by atoms with Crippen molar-refractivity contribution in [1.82, 2.24) is 5.43 Å². The molecule has 0 spiro atoms. The Hall–Kier alpha value is -4.08. The first-order chi connectivity index (χ1) is 17.8. The molecule has 11 heteroatoms. The number of ether oxygens (including phenoxy) is 3. The molecule has 9 nitrogen and oxygen atoms in total. The Morgan fingerprint density at radius 3 is 2.32 bits per heavy atom. The summed E-state index contributed by atoms with van der Waals surface area (Å²) in [5.74, 6) is -1.41. The van der Waals surface area contributed by atoms with Crippen molar-refractivity contribution in [1.29, 1.82) is 0 Å². The quantitative estimate of drug-likeness (QED) is 0.127. The molecule has 0 bridgehead atoms. The maximum Gasteiger partial charge on any atom is 0.343 e. The fourth-order valence-corrected chi connectivity index (χ4v) is 3.31. The molecule has 0 atom stereocenters. The summed E-state index contributed by atoms with van der Waals surface area (Å²) in [5.41, 5.74) is 3.18. The number of anilines is 1. The van der Waals surface area contributed by atoms with Crippen molar-refractivity contribution < 1.29 is 28.6 Å². The van der Waals surface area contributed by atoms with Gasteiger partial charge >= 0.3 is 17.8 Å². The molecule has 0 unspecified atom stereocenters. The molecular weight excluding hydrogens is 521 g/mol. The SMILES string of the molecule is CCOc1ccc(C(=O)Oc2ccc(C=NNC(=O)C(=O)Nc3cccc(Cl)c3Cl)cc2OCC)cc1. The van der Waals surface area contributed by atoms with Crippen LogP contribution in [0.25, 0.3) is 0 Å². The van der Waals surface area contributed by atoms with Crippen LogP contribution in [0.3, 0.4) is 0 Å². The molecule has 0 heterocycles. The topological polar surface area (TPSA) is 115 Å². The number of hydrogen-bond acceptors (Lipinski definition) is 7. The first-order valence-electron chi connectivity index (χ1n) is 11.1. The van der Waals surface area contributed by atoms with Crippen LogP contribution in [0.1, 0.15) is 29.8 Å². The summed E-state index contributed by atoms with van der Waals surface area (Å²) < 4.78 is 16.5. The van der Waals surface area contributed by atoms with E-state index in [0.717, 1.165) is 0 Å². The van der Waals surface area contributed by atoms with E-state index in [4.69, 9.17) is 37.4 Å². The highest BCUT2D eigenvalue weighted by molar-refractivity contribution is 6.45. The van der Waals surface area contributed by atoms with Crippen LogP contribution in [0.4, 0.5) is 5.69 Å². The number of rotatable bonds is 9. The van der Waals surface area contributed by atoms with Gasteiger partial charge in [-0.3, -0.25) is 9.59 Å². The first-order valence-corrected chi connectivity index (χ1v) is 11.9. The lowest BCUT2D eigenvalue weighted by atomic mass is 10.2. The minimum absolute atomic E-state index is 0.112. The van der Waals surface area contributed by atoms with E-state index < -0.39 is 17.8 Å². The average molecular weight is 544 g/mol. The Morgan fingerprint density at radius 1 is 0.892 bits per heavy atom. The molecule has 3 aromatic rings. The van der Waals surface area contributed by atoms with Crippen LogP contribution in [0, 0.1) is 0 Å².